The Kier molecular flexibility index (Phi) is 5.06. The highest BCUT2D eigenvalue weighted by Crippen LogP contribution is 2.32. The summed E-state index contributed by atoms with van der Waals surface area (Å²) in [7, 11) is 2.93. The van der Waals surface area contributed by atoms with E-state index in [0.717, 1.165) is 12.1 Å². The molecule has 3 aromatic rings. The molecule has 1 aromatic carbocycles. The second-order valence-electron chi connectivity index (χ2n) is 5.38. The van der Waals surface area contributed by atoms with Crippen molar-refractivity contribution in [1.29, 1.82) is 0 Å². The first-order valence-corrected chi connectivity index (χ1v) is 8.02. The zero-order chi connectivity index (χ0) is 19.6. The molecule has 0 fully saturated rings. The standard InChI is InChI=1S/C17H17F2N5O3/c1-4-27-17(25)10-8-21-24-14(20-2)7-13(23-16(10)24)22-12-6-9(18)5-11(19)15(12)26-3/h5-8,20H,4H2,1-3H3,(H,22,23). The van der Waals surface area contributed by atoms with Crippen molar-refractivity contribution >= 4 is 28.9 Å². The molecule has 0 amide bonds. The second-order valence-corrected chi connectivity index (χ2v) is 5.38. The van der Waals surface area contributed by atoms with E-state index in [4.69, 9.17) is 9.47 Å². The predicted molar refractivity (Wildman–Crippen MR) is 94.7 cm³/mol. The number of ether oxygens (including phenoxy) is 2. The Hall–Kier alpha value is -3.43. The van der Waals surface area contributed by atoms with Crippen LogP contribution in [0.1, 0.15) is 17.3 Å². The molecule has 8 nitrogen and oxygen atoms in total. The molecule has 10 heteroatoms. The molecule has 3 rings (SSSR count). The van der Waals surface area contributed by atoms with Crippen LogP contribution in [0.15, 0.2) is 24.4 Å². The first-order valence-electron chi connectivity index (χ1n) is 8.02. The highest BCUT2D eigenvalue weighted by atomic mass is 19.1. The van der Waals surface area contributed by atoms with Crippen molar-refractivity contribution < 1.29 is 23.0 Å². The van der Waals surface area contributed by atoms with Gasteiger partial charge in [0.05, 0.1) is 25.6 Å². The summed E-state index contributed by atoms with van der Waals surface area (Å²) in [4.78, 5) is 16.4. The van der Waals surface area contributed by atoms with Gasteiger partial charge in [-0.15, -0.1) is 0 Å². The van der Waals surface area contributed by atoms with Gasteiger partial charge in [0, 0.05) is 25.2 Å². The maximum Gasteiger partial charge on any atom is 0.343 e. The van der Waals surface area contributed by atoms with Gasteiger partial charge in [-0.25, -0.2) is 18.6 Å². The monoisotopic (exact) mass is 377 g/mol. The van der Waals surface area contributed by atoms with Crippen LogP contribution < -0.4 is 15.4 Å². The van der Waals surface area contributed by atoms with Crippen molar-refractivity contribution in [2.24, 2.45) is 0 Å². The van der Waals surface area contributed by atoms with E-state index in [9.17, 15) is 13.6 Å². The van der Waals surface area contributed by atoms with Crippen LogP contribution in [0.25, 0.3) is 5.65 Å². The molecule has 0 atom stereocenters. The number of esters is 1. The third-order valence-corrected chi connectivity index (χ3v) is 3.70. The van der Waals surface area contributed by atoms with Gasteiger partial charge < -0.3 is 20.1 Å². The molecule has 142 valence electrons. The van der Waals surface area contributed by atoms with Crippen molar-refractivity contribution in [3.8, 4) is 5.75 Å². The maximum absolute atomic E-state index is 13.9. The number of fused-ring (bicyclic) bond motifs is 1. The largest absolute Gasteiger partial charge is 0.492 e. The minimum absolute atomic E-state index is 0.0473. The summed E-state index contributed by atoms with van der Waals surface area (Å²) in [6.07, 6.45) is 1.34. The average molecular weight is 377 g/mol. The number of methoxy groups -OCH3 is 1. The molecular formula is C17H17F2N5O3. The Bertz CT molecular complexity index is 1010. The topological polar surface area (TPSA) is 89.8 Å². The van der Waals surface area contributed by atoms with Gasteiger partial charge in [-0.1, -0.05) is 0 Å². The summed E-state index contributed by atoms with van der Waals surface area (Å²) in [5.41, 5.74) is 0.430. The van der Waals surface area contributed by atoms with Crippen molar-refractivity contribution in [2.45, 2.75) is 6.92 Å². The van der Waals surface area contributed by atoms with E-state index in [1.807, 2.05) is 0 Å². The van der Waals surface area contributed by atoms with Crippen LogP contribution in [0, 0.1) is 11.6 Å². The van der Waals surface area contributed by atoms with Crippen molar-refractivity contribution in [3.63, 3.8) is 0 Å². The fourth-order valence-corrected chi connectivity index (χ4v) is 2.56. The number of rotatable bonds is 6. The molecule has 0 aliphatic heterocycles. The van der Waals surface area contributed by atoms with Crippen molar-refractivity contribution in [2.75, 3.05) is 31.4 Å². The second kappa shape index (κ2) is 7.44. The van der Waals surface area contributed by atoms with Gasteiger partial charge in [0.25, 0.3) is 0 Å². The highest BCUT2D eigenvalue weighted by molar-refractivity contribution is 5.96. The number of anilines is 3. The summed E-state index contributed by atoms with van der Waals surface area (Å²) in [5.74, 6) is -1.65. The lowest BCUT2D eigenvalue weighted by Crippen LogP contribution is -2.08. The summed E-state index contributed by atoms with van der Waals surface area (Å²) >= 11 is 0. The molecule has 2 aromatic heterocycles. The first-order chi connectivity index (χ1) is 13.0. The minimum atomic E-state index is -0.855. The molecule has 2 heterocycles. The predicted octanol–water partition coefficient (Wildman–Crippen LogP) is 2.98. The Labute approximate surface area is 153 Å². The fourth-order valence-electron chi connectivity index (χ4n) is 2.56. The van der Waals surface area contributed by atoms with Gasteiger partial charge >= 0.3 is 5.97 Å². The van der Waals surface area contributed by atoms with Crippen LogP contribution >= 0.6 is 0 Å². The molecule has 2 N–H and O–H groups in total. The van der Waals surface area contributed by atoms with Gasteiger partial charge in [0.2, 0.25) is 0 Å². The lowest BCUT2D eigenvalue weighted by molar-refractivity contribution is 0.0528. The van der Waals surface area contributed by atoms with Crippen LogP contribution in [0.4, 0.5) is 26.1 Å². The van der Waals surface area contributed by atoms with Crippen molar-refractivity contribution in [1.82, 2.24) is 14.6 Å². The number of aromatic nitrogens is 3. The number of nitrogens with zero attached hydrogens (tertiary/aromatic N) is 3. The van der Waals surface area contributed by atoms with Gasteiger partial charge in [-0.05, 0) is 6.92 Å². The summed E-state index contributed by atoms with van der Waals surface area (Å²) in [5, 5.41) is 9.85. The molecule has 0 saturated heterocycles. The highest BCUT2D eigenvalue weighted by Gasteiger charge is 2.19. The van der Waals surface area contributed by atoms with Crippen LogP contribution in [-0.2, 0) is 4.74 Å². The van der Waals surface area contributed by atoms with Crippen molar-refractivity contribution in [3.05, 3.63) is 41.6 Å². The zero-order valence-electron chi connectivity index (χ0n) is 14.8. The van der Waals surface area contributed by atoms with Gasteiger partial charge in [-0.3, -0.25) is 0 Å². The lowest BCUT2D eigenvalue weighted by atomic mass is 10.2. The van der Waals surface area contributed by atoms with Crippen LogP contribution in [0.2, 0.25) is 0 Å². The Morgan fingerprint density at radius 2 is 2.07 bits per heavy atom. The maximum atomic E-state index is 13.9. The number of hydrogen-bond donors (Lipinski definition) is 2. The lowest BCUT2D eigenvalue weighted by Gasteiger charge is -2.13. The fraction of sp³-hybridized carbons (Fsp3) is 0.235. The molecular weight excluding hydrogens is 360 g/mol. The number of carbonyl (C=O) groups is 1. The van der Waals surface area contributed by atoms with E-state index >= 15 is 0 Å². The number of halogens is 2. The van der Waals surface area contributed by atoms with Gasteiger partial charge in [0.1, 0.15) is 23.0 Å². The zero-order valence-corrected chi connectivity index (χ0v) is 14.8. The summed E-state index contributed by atoms with van der Waals surface area (Å²) < 4.78 is 38.9. The number of hydrogen-bond acceptors (Lipinski definition) is 7. The SMILES string of the molecule is CCOC(=O)c1cnn2c(NC)cc(Nc3cc(F)cc(F)c3OC)nc12. The molecule has 0 bridgehead atoms. The molecule has 0 spiro atoms. The third-order valence-electron chi connectivity index (χ3n) is 3.70. The van der Waals surface area contributed by atoms with Crippen LogP contribution in [0.5, 0.6) is 5.75 Å². The van der Waals surface area contributed by atoms with E-state index in [0.29, 0.717) is 5.82 Å². The molecule has 0 unspecified atom stereocenters. The molecule has 27 heavy (non-hydrogen) atoms. The Morgan fingerprint density at radius 3 is 2.74 bits per heavy atom. The quantitative estimate of drug-likeness (QED) is 0.638. The molecule has 0 aliphatic rings. The van der Waals surface area contributed by atoms with Crippen LogP contribution in [0.3, 0.4) is 0 Å². The minimum Gasteiger partial charge on any atom is -0.492 e. The van der Waals surface area contributed by atoms with E-state index < -0.39 is 17.6 Å². The van der Waals surface area contributed by atoms with E-state index in [2.05, 4.69) is 20.7 Å². The summed E-state index contributed by atoms with van der Waals surface area (Å²) in [6, 6.07) is 3.36. The Balaban J connectivity index is 2.10. The first kappa shape index (κ1) is 18.4. The normalized spacial score (nSPS) is 10.7. The summed E-state index contributed by atoms with van der Waals surface area (Å²) in [6.45, 7) is 1.89. The van der Waals surface area contributed by atoms with Gasteiger partial charge in [0.15, 0.2) is 17.2 Å². The molecule has 0 saturated carbocycles. The molecule has 0 radical (unpaired) electrons. The molecule has 0 aliphatic carbocycles. The smallest absolute Gasteiger partial charge is 0.343 e. The van der Waals surface area contributed by atoms with Crippen LogP contribution in [-0.4, -0.2) is 41.3 Å². The van der Waals surface area contributed by atoms with Gasteiger partial charge in [-0.2, -0.15) is 9.61 Å². The van der Waals surface area contributed by atoms with E-state index in [-0.39, 0.29) is 35.1 Å². The number of benzene rings is 1. The number of nitrogens with one attached hydrogen (secondary N) is 2. The average Bonchev–Trinajstić information content (AvgIpc) is 3.05. The van der Waals surface area contributed by atoms with E-state index in [1.165, 1.54) is 17.8 Å². The van der Waals surface area contributed by atoms with E-state index in [1.54, 1.807) is 20.0 Å². The number of carbonyl (C=O) groups excluding carboxylic acids is 1. The third kappa shape index (κ3) is 3.46. The Morgan fingerprint density at radius 1 is 1.30 bits per heavy atom.